The van der Waals surface area contributed by atoms with E-state index in [1.807, 2.05) is 20.8 Å². The number of pyridine rings is 1. The van der Waals surface area contributed by atoms with Crippen molar-refractivity contribution in [3.63, 3.8) is 0 Å². The molecule has 0 radical (unpaired) electrons. The fourth-order valence-electron chi connectivity index (χ4n) is 4.70. The van der Waals surface area contributed by atoms with Crippen LogP contribution in [0.4, 0.5) is 14.9 Å². The van der Waals surface area contributed by atoms with Crippen LogP contribution in [0.3, 0.4) is 0 Å². The molecule has 1 aliphatic carbocycles. The molecule has 2 atom stereocenters. The van der Waals surface area contributed by atoms with Crippen molar-refractivity contribution in [2.75, 3.05) is 18.4 Å². The Bertz CT molecular complexity index is 1280. The molecule has 4 heterocycles. The summed E-state index contributed by atoms with van der Waals surface area (Å²) in [6.45, 7) is 8.57. The van der Waals surface area contributed by atoms with Crippen molar-refractivity contribution in [3.05, 3.63) is 53.8 Å². The Hall–Kier alpha value is -3.56. The van der Waals surface area contributed by atoms with Crippen molar-refractivity contribution in [2.24, 2.45) is 5.92 Å². The van der Waals surface area contributed by atoms with E-state index in [1.54, 1.807) is 30.4 Å². The summed E-state index contributed by atoms with van der Waals surface area (Å²) >= 11 is 0. The molecule has 3 aromatic rings. The van der Waals surface area contributed by atoms with Crippen molar-refractivity contribution in [1.82, 2.24) is 24.3 Å². The smallest absolute Gasteiger partial charge is 0.410 e. The first kappa shape index (κ1) is 22.2. The van der Waals surface area contributed by atoms with Crippen LogP contribution in [-0.2, 0) is 10.2 Å². The molecule has 2 fully saturated rings. The van der Waals surface area contributed by atoms with E-state index in [0.717, 1.165) is 18.5 Å². The number of hydrogen-bond donors (Lipinski definition) is 1. The van der Waals surface area contributed by atoms with Crippen LogP contribution in [0.15, 0.2) is 30.9 Å². The average Bonchev–Trinajstić information content (AvgIpc) is 3.38. The molecule has 0 spiro atoms. The van der Waals surface area contributed by atoms with Gasteiger partial charge in [-0.25, -0.2) is 19.2 Å². The molecule has 2 aliphatic rings. The Morgan fingerprint density at radius 3 is 2.71 bits per heavy atom. The van der Waals surface area contributed by atoms with Crippen LogP contribution in [0.2, 0.25) is 0 Å². The number of imidazole rings is 1. The Morgan fingerprint density at radius 1 is 1.24 bits per heavy atom. The van der Waals surface area contributed by atoms with Gasteiger partial charge in [-0.05, 0) is 46.5 Å². The van der Waals surface area contributed by atoms with E-state index in [4.69, 9.17) is 4.74 Å². The van der Waals surface area contributed by atoms with Gasteiger partial charge in [0.05, 0.1) is 23.3 Å². The van der Waals surface area contributed by atoms with Gasteiger partial charge in [-0.15, -0.1) is 0 Å². The maximum absolute atomic E-state index is 14.3. The standard InChI is InChI=1S/C24H27FN6O3/c1-14-11-31-13-16(7-17(25)20(31)28-14)29-21(32)18-9-27-19(10-26-18)24-5-6-30(12-15(24)8-24)22(33)34-23(2,3)4/h7,9-11,13,15H,5-6,8,12H2,1-4H3,(H,29,32). The van der Waals surface area contributed by atoms with Gasteiger partial charge < -0.3 is 19.4 Å². The van der Waals surface area contributed by atoms with Crippen molar-refractivity contribution in [3.8, 4) is 0 Å². The quantitative estimate of drug-likeness (QED) is 0.631. The van der Waals surface area contributed by atoms with Gasteiger partial charge >= 0.3 is 6.09 Å². The number of nitrogens with zero attached hydrogens (tertiary/aromatic N) is 5. The molecule has 5 rings (SSSR count). The molecule has 1 N–H and O–H groups in total. The van der Waals surface area contributed by atoms with Crippen LogP contribution in [-0.4, -0.2) is 54.9 Å². The highest BCUT2D eigenvalue weighted by molar-refractivity contribution is 6.02. The number of amides is 2. The van der Waals surface area contributed by atoms with Gasteiger partial charge in [0.15, 0.2) is 11.5 Å². The molecule has 1 saturated heterocycles. The fourth-order valence-corrected chi connectivity index (χ4v) is 4.70. The normalized spacial score (nSPS) is 21.8. The molecule has 2 amide bonds. The third-order valence-electron chi connectivity index (χ3n) is 6.43. The average molecular weight is 467 g/mol. The van der Waals surface area contributed by atoms with Gasteiger partial charge in [0, 0.05) is 43.2 Å². The zero-order valence-corrected chi connectivity index (χ0v) is 19.6. The van der Waals surface area contributed by atoms with Gasteiger partial charge in [0.2, 0.25) is 0 Å². The lowest BCUT2D eigenvalue weighted by molar-refractivity contribution is 0.0197. The van der Waals surface area contributed by atoms with Crippen molar-refractivity contribution in [1.29, 1.82) is 0 Å². The molecule has 0 aromatic carbocycles. The zero-order chi connectivity index (χ0) is 24.3. The maximum atomic E-state index is 14.3. The number of rotatable bonds is 3. The third kappa shape index (κ3) is 4.08. The molecule has 2 unspecified atom stereocenters. The molecule has 3 aromatic heterocycles. The number of fused-ring (bicyclic) bond motifs is 2. The second kappa shape index (κ2) is 7.75. The fraction of sp³-hybridized carbons (Fsp3) is 0.458. The van der Waals surface area contributed by atoms with Crippen LogP contribution < -0.4 is 5.32 Å². The molecule has 9 nitrogen and oxygen atoms in total. The number of carbonyl (C=O) groups excluding carboxylic acids is 2. The zero-order valence-electron chi connectivity index (χ0n) is 19.6. The van der Waals surface area contributed by atoms with Crippen molar-refractivity contribution < 1.29 is 18.7 Å². The molecule has 1 aliphatic heterocycles. The topological polar surface area (TPSA) is 102 Å². The summed E-state index contributed by atoms with van der Waals surface area (Å²) < 4.78 is 21.3. The number of carbonyl (C=O) groups is 2. The number of ether oxygens (including phenoxy) is 1. The Kier molecular flexibility index (Phi) is 5.07. The molecular formula is C24H27FN6O3. The van der Waals surface area contributed by atoms with E-state index in [2.05, 4.69) is 20.3 Å². The second-order valence-corrected chi connectivity index (χ2v) is 10.2. The van der Waals surface area contributed by atoms with E-state index in [-0.39, 0.29) is 22.8 Å². The largest absolute Gasteiger partial charge is 0.444 e. The summed E-state index contributed by atoms with van der Waals surface area (Å²) in [5, 5.41) is 2.67. The van der Waals surface area contributed by atoms with Crippen LogP contribution in [0, 0.1) is 18.7 Å². The summed E-state index contributed by atoms with van der Waals surface area (Å²) in [5.74, 6) is -0.695. The Morgan fingerprint density at radius 2 is 2.03 bits per heavy atom. The van der Waals surface area contributed by atoms with Crippen LogP contribution >= 0.6 is 0 Å². The predicted molar refractivity (Wildman–Crippen MR) is 122 cm³/mol. The van der Waals surface area contributed by atoms with Crippen LogP contribution in [0.1, 0.15) is 55.5 Å². The summed E-state index contributed by atoms with van der Waals surface area (Å²) in [6.07, 6.45) is 7.79. The molecule has 1 saturated carbocycles. The first-order valence-electron chi connectivity index (χ1n) is 11.3. The lowest BCUT2D eigenvalue weighted by Gasteiger charge is -2.32. The van der Waals surface area contributed by atoms with E-state index < -0.39 is 17.3 Å². The second-order valence-electron chi connectivity index (χ2n) is 10.2. The summed E-state index contributed by atoms with van der Waals surface area (Å²) in [5.41, 5.74) is 1.54. The highest BCUT2D eigenvalue weighted by atomic mass is 19.1. The van der Waals surface area contributed by atoms with Crippen molar-refractivity contribution >= 4 is 23.3 Å². The minimum atomic E-state index is -0.524. The summed E-state index contributed by atoms with van der Waals surface area (Å²) in [7, 11) is 0. The number of halogens is 1. The number of aryl methyl sites for hydroxylation is 1. The monoisotopic (exact) mass is 466 g/mol. The van der Waals surface area contributed by atoms with Gasteiger partial charge in [0.1, 0.15) is 11.3 Å². The molecule has 0 bridgehead atoms. The lowest BCUT2D eigenvalue weighted by Crippen LogP contribution is -2.43. The van der Waals surface area contributed by atoms with Crippen LogP contribution in [0.25, 0.3) is 5.65 Å². The van der Waals surface area contributed by atoms with Crippen LogP contribution in [0.5, 0.6) is 0 Å². The van der Waals surface area contributed by atoms with E-state index in [1.165, 1.54) is 16.7 Å². The third-order valence-corrected chi connectivity index (χ3v) is 6.43. The molecular weight excluding hydrogens is 439 g/mol. The highest BCUT2D eigenvalue weighted by Gasteiger charge is 2.59. The number of piperidine rings is 1. The maximum Gasteiger partial charge on any atom is 0.410 e. The SMILES string of the molecule is Cc1cn2cc(NC(=O)c3cnc(C45CCN(C(=O)OC(C)(C)C)CC4C5)cn3)cc(F)c2n1. The number of anilines is 1. The number of aromatic nitrogens is 4. The first-order valence-corrected chi connectivity index (χ1v) is 11.3. The van der Waals surface area contributed by atoms with Crippen molar-refractivity contribution in [2.45, 2.75) is 51.6 Å². The summed E-state index contributed by atoms with van der Waals surface area (Å²) in [4.78, 5) is 39.8. The van der Waals surface area contributed by atoms with Gasteiger partial charge in [-0.2, -0.15) is 0 Å². The number of nitrogens with one attached hydrogen (secondary N) is 1. The minimum Gasteiger partial charge on any atom is -0.444 e. The minimum absolute atomic E-state index is 0.103. The van der Waals surface area contributed by atoms with Gasteiger partial charge in [0.25, 0.3) is 5.91 Å². The Labute approximate surface area is 196 Å². The molecule has 178 valence electrons. The number of hydrogen-bond acceptors (Lipinski definition) is 6. The van der Waals surface area contributed by atoms with E-state index in [9.17, 15) is 14.0 Å². The highest BCUT2D eigenvalue weighted by Crippen LogP contribution is 2.58. The first-order chi connectivity index (χ1) is 16.0. The molecule has 10 heteroatoms. The Balaban J connectivity index is 1.24. The van der Waals surface area contributed by atoms with E-state index in [0.29, 0.717) is 30.4 Å². The van der Waals surface area contributed by atoms with Gasteiger partial charge in [-0.3, -0.25) is 9.78 Å². The number of likely N-dealkylation sites (tertiary alicyclic amines) is 1. The van der Waals surface area contributed by atoms with E-state index >= 15 is 0 Å². The predicted octanol–water partition coefficient (Wildman–Crippen LogP) is 3.72. The summed E-state index contributed by atoms with van der Waals surface area (Å²) in [6, 6.07) is 1.23. The lowest BCUT2D eigenvalue weighted by atomic mass is 9.92. The van der Waals surface area contributed by atoms with Gasteiger partial charge in [-0.1, -0.05) is 0 Å². The molecule has 34 heavy (non-hydrogen) atoms.